The third-order valence-electron chi connectivity index (χ3n) is 4.57. The molecule has 0 radical (unpaired) electrons. The van der Waals surface area contributed by atoms with E-state index in [9.17, 15) is 9.59 Å². The van der Waals surface area contributed by atoms with E-state index in [1.165, 1.54) is 0 Å². The minimum absolute atomic E-state index is 0.0243. The van der Waals surface area contributed by atoms with Crippen molar-refractivity contribution in [3.8, 4) is 0 Å². The second-order valence-corrected chi connectivity index (χ2v) is 6.02. The van der Waals surface area contributed by atoms with Gasteiger partial charge in [0.2, 0.25) is 5.91 Å². The minimum Gasteiger partial charge on any atom is -0.332 e. The summed E-state index contributed by atoms with van der Waals surface area (Å²) in [4.78, 5) is 28.7. The number of likely N-dealkylation sites (N-methyl/N-ethyl adjacent to an activating group) is 1. The number of aryl methyl sites for hydroxylation is 1. The van der Waals surface area contributed by atoms with Crippen LogP contribution in [0.25, 0.3) is 0 Å². The van der Waals surface area contributed by atoms with E-state index in [4.69, 9.17) is 0 Å². The SMILES string of the molecule is CCN(C(=O)NCc1ccnn1C)[C@@H]1CCN(c2ccccc2)C1=O. The van der Waals surface area contributed by atoms with Crippen LogP contribution in [0.3, 0.4) is 0 Å². The summed E-state index contributed by atoms with van der Waals surface area (Å²) in [5.41, 5.74) is 1.79. The lowest BCUT2D eigenvalue weighted by atomic mass is 10.2. The largest absolute Gasteiger partial charge is 0.332 e. The number of anilines is 1. The summed E-state index contributed by atoms with van der Waals surface area (Å²) in [6.45, 7) is 3.38. The number of aromatic nitrogens is 2. The number of urea groups is 1. The number of carbonyl (C=O) groups excluding carboxylic acids is 2. The smallest absolute Gasteiger partial charge is 0.318 e. The number of benzene rings is 1. The predicted octanol–water partition coefficient (Wildman–Crippen LogP) is 1.76. The minimum atomic E-state index is -0.420. The van der Waals surface area contributed by atoms with Gasteiger partial charge >= 0.3 is 6.03 Å². The molecule has 132 valence electrons. The van der Waals surface area contributed by atoms with Gasteiger partial charge in [0.05, 0.1) is 12.2 Å². The van der Waals surface area contributed by atoms with E-state index in [1.807, 2.05) is 50.4 Å². The number of para-hydroxylation sites is 1. The van der Waals surface area contributed by atoms with Gasteiger partial charge in [-0.05, 0) is 31.5 Å². The van der Waals surface area contributed by atoms with Gasteiger partial charge in [0, 0.05) is 32.0 Å². The number of amides is 3. The molecule has 3 rings (SSSR count). The molecule has 1 saturated heterocycles. The highest BCUT2D eigenvalue weighted by Gasteiger charge is 2.38. The van der Waals surface area contributed by atoms with Crippen molar-refractivity contribution < 1.29 is 9.59 Å². The molecule has 0 aliphatic carbocycles. The average Bonchev–Trinajstić information content (AvgIpc) is 3.21. The van der Waals surface area contributed by atoms with Crippen LogP contribution in [0.5, 0.6) is 0 Å². The van der Waals surface area contributed by atoms with Gasteiger partial charge in [-0.25, -0.2) is 4.79 Å². The second kappa shape index (κ2) is 7.38. The highest BCUT2D eigenvalue weighted by molar-refractivity contribution is 6.01. The number of hydrogen-bond acceptors (Lipinski definition) is 3. The Balaban J connectivity index is 1.65. The van der Waals surface area contributed by atoms with Crippen molar-refractivity contribution >= 4 is 17.6 Å². The Labute approximate surface area is 147 Å². The summed E-state index contributed by atoms with van der Waals surface area (Å²) < 4.78 is 1.72. The maximum absolute atomic E-state index is 12.8. The molecule has 0 unspecified atom stereocenters. The average molecular weight is 341 g/mol. The Bertz CT molecular complexity index is 743. The molecule has 1 aliphatic heterocycles. The molecule has 7 nitrogen and oxygen atoms in total. The summed E-state index contributed by atoms with van der Waals surface area (Å²) in [6, 6.07) is 10.8. The van der Waals surface area contributed by atoms with Gasteiger partial charge in [-0.3, -0.25) is 9.48 Å². The quantitative estimate of drug-likeness (QED) is 0.901. The van der Waals surface area contributed by atoms with Gasteiger partial charge < -0.3 is 15.1 Å². The van der Waals surface area contributed by atoms with Crippen molar-refractivity contribution in [2.24, 2.45) is 7.05 Å². The Morgan fingerprint density at radius 2 is 2.08 bits per heavy atom. The normalized spacial score (nSPS) is 17.0. The van der Waals surface area contributed by atoms with Gasteiger partial charge in [0.15, 0.2) is 0 Å². The molecule has 0 saturated carbocycles. The first-order chi connectivity index (χ1) is 12.1. The van der Waals surface area contributed by atoms with Crippen LogP contribution in [-0.2, 0) is 18.4 Å². The first kappa shape index (κ1) is 17.0. The monoisotopic (exact) mass is 341 g/mol. The molecule has 1 aliphatic rings. The zero-order chi connectivity index (χ0) is 17.8. The molecule has 1 aromatic heterocycles. The van der Waals surface area contributed by atoms with Crippen LogP contribution in [0.1, 0.15) is 19.0 Å². The van der Waals surface area contributed by atoms with E-state index >= 15 is 0 Å². The zero-order valence-electron chi connectivity index (χ0n) is 14.6. The molecule has 0 spiro atoms. The molecule has 1 aromatic carbocycles. The summed E-state index contributed by atoms with van der Waals surface area (Å²) in [7, 11) is 1.83. The third-order valence-corrected chi connectivity index (χ3v) is 4.57. The topological polar surface area (TPSA) is 70.5 Å². The van der Waals surface area contributed by atoms with E-state index in [2.05, 4.69) is 10.4 Å². The van der Waals surface area contributed by atoms with Crippen LogP contribution in [0.4, 0.5) is 10.5 Å². The molecular formula is C18H23N5O2. The Kier molecular flexibility index (Phi) is 5.02. The summed E-state index contributed by atoms with van der Waals surface area (Å²) in [5, 5.41) is 6.97. The van der Waals surface area contributed by atoms with Crippen LogP contribution in [0.15, 0.2) is 42.6 Å². The molecule has 1 fully saturated rings. The van der Waals surface area contributed by atoms with E-state index < -0.39 is 6.04 Å². The van der Waals surface area contributed by atoms with E-state index in [0.29, 0.717) is 26.1 Å². The van der Waals surface area contributed by atoms with Crippen molar-refractivity contribution in [3.05, 3.63) is 48.3 Å². The van der Waals surface area contributed by atoms with Gasteiger partial charge in [-0.1, -0.05) is 18.2 Å². The zero-order valence-corrected chi connectivity index (χ0v) is 14.6. The lowest BCUT2D eigenvalue weighted by Gasteiger charge is -2.27. The first-order valence-electron chi connectivity index (χ1n) is 8.49. The number of hydrogen-bond donors (Lipinski definition) is 1. The fourth-order valence-electron chi connectivity index (χ4n) is 3.17. The summed E-state index contributed by atoms with van der Waals surface area (Å²) in [5.74, 6) is -0.0243. The van der Waals surface area contributed by atoms with Crippen LogP contribution in [0, 0.1) is 0 Å². The highest BCUT2D eigenvalue weighted by atomic mass is 16.2. The number of nitrogens with one attached hydrogen (secondary N) is 1. The number of nitrogens with zero attached hydrogens (tertiary/aromatic N) is 4. The Hall–Kier alpha value is -2.83. The van der Waals surface area contributed by atoms with E-state index in [0.717, 1.165) is 11.4 Å². The predicted molar refractivity (Wildman–Crippen MR) is 95.0 cm³/mol. The van der Waals surface area contributed by atoms with Crippen LogP contribution in [-0.4, -0.2) is 45.8 Å². The van der Waals surface area contributed by atoms with Crippen LogP contribution < -0.4 is 10.2 Å². The summed E-state index contributed by atoms with van der Waals surface area (Å²) in [6.07, 6.45) is 2.33. The first-order valence-corrected chi connectivity index (χ1v) is 8.49. The van der Waals surface area contributed by atoms with E-state index in [-0.39, 0.29) is 11.9 Å². The van der Waals surface area contributed by atoms with Crippen LogP contribution >= 0.6 is 0 Å². The molecule has 3 amide bonds. The summed E-state index contributed by atoms with van der Waals surface area (Å²) >= 11 is 0. The number of rotatable bonds is 5. The lowest BCUT2D eigenvalue weighted by Crippen LogP contribution is -2.49. The standard InChI is InChI=1S/C18H23N5O2/c1-3-22(18(25)19-13-15-9-11-20-21(15)2)16-10-12-23(17(16)24)14-7-5-4-6-8-14/h4-9,11,16H,3,10,12-13H2,1-2H3,(H,19,25)/t16-/m1/s1. The molecule has 7 heteroatoms. The number of carbonyl (C=O) groups is 2. The highest BCUT2D eigenvalue weighted by Crippen LogP contribution is 2.24. The second-order valence-electron chi connectivity index (χ2n) is 6.02. The molecule has 1 N–H and O–H groups in total. The van der Waals surface area contributed by atoms with Crippen molar-refractivity contribution in [2.75, 3.05) is 18.0 Å². The van der Waals surface area contributed by atoms with Crippen molar-refractivity contribution in [1.29, 1.82) is 0 Å². The van der Waals surface area contributed by atoms with Crippen molar-refractivity contribution in [1.82, 2.24) is 20.0 Å². The maximum Gasteiger partial charge on any atom is 0.318 e. The van der Waals surface area contributed by atoms with E-state index in [1.54, 1.807) is 20.7 Å². The molecule has 2 heterocycles. The maximum atomic E-state index is 12.8. The van der Waals surface area contributed by atoms with Crippen molar-refractivity contribution in [2.45, 2.75) is 25.9 Å². The van der Waals surface area contributed by atoms with Gasteiger partial charge in [-0.15, -0.1) is 0 Å². The lowest BCUT2D eigenvalue weighted by molar-refractivity contribution is -0.120. The fraction of sp³-hybridized carbons (Fsp3) is 0.389. The van der Waals surface area contributed by atoms with Gasteiger partial charge in [0.25, 0.3) is 0 Å². The Morgan fingerprint density at radius 3 is 2.72 bits per heavy atom. The van der Waals surface area contributed by atoms with Crippen molar-refractivity contribution in [3.63, 3.8) is 0 Å². The third kappa shape index (κ3) is 3.50. The van der Waals surface area contributed by atoms with Gasteiger partial charge in [-0.2, -0.15) is 5.10 Å². The molecule has 0 bridgehead atoms. The van der Waals surface area contributed by atoms with Crippen LogP contribution in [0.2, 0.25) is 0 Å². The molecule has 1 atom stereocenters. The molecular weight excluding hydrogens is 318 g/mol. The fourth-order valence-corrected chi connectivity index (χ4v) is 3.17. The molecule has 2 aromatic rings. The Morgan fingerprint density at radius 1 is 1.32 bits per heavy atom. The molecule has 25 heavy (non-hydrogen) atoms. The van der Waals surface area contributed by atoms with Gasteiger partial charge in [0.1, 0.15) is 6.04 Å².